The van der Waals surface area contributed by atoms with E-state index in [2.05, 4.69) is 0 Å². The van der Waals surface area contributed by atoms with E-state index in [0.29, 0.717) is 6.08 Å². The summed E-state index contributed by atoms with van der Waals surface area (Å²) in [6, 6.07) is 0. The highest BCUT2D eigenvalue weighted by atomic mass is 19.1. The van der Waals surface area contributed by atoms with Crippen molar-refractivity contribution in [2.24, 2.45) is 5.92 Å². The number of allylic oxidation sites excluding steroid dienone is 3. The van der Waals surface area contributed by atoms with Crippen LogP contribution in [-0.2, 0) is 0 Å². The number of hydrogen-bond donors (Lipinski definition) is 0. The van der Waals surface area contributed by atoms with Crippen LogP contribution < -0.4 is 0 Å². The molecule has 0 heterocycles. The molecule has 0 saturated heterocycles. The molecule has 0 aromatic rings. The molecule has 66 valence electrons. The molecule has 0 bridgehead atoms. The fraction of sp³-hybridized carbons (Fsp3) is 0.429. The molecule has 12 heavy (non-hydrogen) atoms. The number of nitrogens with zero attached hydrogens (tertiary/aromatic N) is 1. The van der Waals surface area contributed by atoms with Gasteiger partial charge in [0.2, 0.25) is 0 Å². The summed E-state index contributed by atoms with van der Waals surface area (Å²) >= 11 is 0. The minimum atomic E-state index is -1.46. The summed E-state index contributed by atoms with van der Waals surface area (Å²) in [6.07, 6.45) is 0.150. The molecule has 0 amide bonds. The van der Waals surface area contributed by atoms with Gasteiger partial charge in [-0.15, -0.1) is 0 Å². The van der Waals surface area contributed by atoms with E-state index in [-0.39, 0.29) is 0 Å². The molecule has 0 spiro atoms. The van der Waals surface area contributed by atoms with Crippen LogP contribution in [0.1, 0.15) is 6.92 Å². The van der Waals surface area contributed by atoms with Crippen LogP contribution in [0.2, 0.25) is 0 Å². The molecule has 0 aliphatic heterocycles. The molecule has 0 fully saturated rings. The molecular weight excluding hydrogens is 168 g/mol. The Kier molecular flexibility index (Phi) is 2.21. The fourth-order valence-corrected chi connectivity index (χ4v) is 0.946. The van der Waals surface area contributed by atoms with Gasteiger partial charge in [0.25, 0.3) is 0 Å². The van der Waals surface area contributed by atoms with Crippen LogP contribution in [0.4, 0.5) is 8.78 Å². The third-order valence-electron chi connectivity index (χ3n) is 1.67. The predicted molar refractivity (Wildman–Crippen MR) is 38.3 cm³/mol. The predicted octanol–water partition coefficient (Wildman–Crippen LogP) is 1.99. The van der Waals surface area contributed by atoms with Crippen molar-refractivity contribution >= 4 is 0 Å². The molecule has 0 saturated carbocycles. The number of alkyl halides is 1. The molecule has 1 rings (SSSR count). The van der Waals surface area contributed by atoms with Crippen molar-refractivity contribution in [1.29, 1.82) is 0 Å². The number of nitro groups is 1. The van der Waals surface area contributed by atoms with Gasteiger partial charge in [-0.2, -0.15) is 4.39 Å². The summed E-state index contributed by atoms with van der Waals surface area (Å²) in [6.45, 7) is 1.46. The third kappa shape index (κ3) is 1.49. The number of halogens is 2. The second kappa shape index (κ2) is 3.00. The maximum absolute atomic E-state index is 12.7. The average Bonchev–Trinajstić information content (AvgIpc) is 1.96. The monoisotopic (exact) mass is 175 g/mol. The van der Waals surface area contributed by atoms with Crippen molar-refractivity contribution in [2.45, 2.75) is 13.1 Å². The van der Waals surface area contributed by atoms with Crippen LogP contribution in [0.3, 0.4) is 0 Å². The highest BCUT2D eigenvalue weighted by molar-refractivity contribution is 5.26. The molecule has 0 aromatic carbocycles. The second-order valence-corrected chi connectivity index (χ2v) is 2.63. The Labute approximate surface area is 67.5 Å². The van der Waals surface area contributed by atoms with Crippen LogP contribution in [0.15, 0.2) is 23.7 Å². The molecule has 0 radical (unpaired) electrons. The average molecular weight is 175 g/mol. The lowest BCUT2D eigenvalue weighted by molar-refractivity contribution is -0.423. The Morgan fingerprint density at radius 3 is 2.67 bits per heavy atom. The standard InChI is InChI=1S/C7H7F2NO2/c1-4-2-7(10(11)12)6(9)3-5(4)8/h2-5H,1H3. The molecule has 0 N–H and O–H groups in total. The lowest BCUT2D eigenvalue weighted by Gasteiger charge is -2.12. The van der Waals surface area contributed by atoms with Crippen molar-refractivity contribution in [3.05, 3.63) is 33.8 Å². The van der Waals surface area contributed by atoms with Gasteiger partial charge in [0.1, 0.15) is 6.17 Å². The van der Waals surface area contributed by atoms with Gasteiger partial charge in [-0.25, -0.2) is 4.39 Å². The van der Waals surface area contributed by atoms with Crippen molar-refractivity contribution < 1.29 is 13.7 Å². The van der Waals surface area contributed by atoms with Gasteiger partial charge in [0.15, 0.2) is 5.83 Å². The molecule has 2 atom stereocenters. The normalized spacial score (nSPS) is 29.2. The Balaban J connectivity index is 2.96. The van der Waals surface area contributed by atoms with Gasteiger partial charge in [-0.1, -0.05) is 6.92 Å². The van der Waals surface area contributed by atoms with Gasteiger partial charge >= 0.3 is 5.70 Å². The maximum atomic E-state index is 12.7. The first-order chi connectivity index (χ1) is 5.52. The first-order valence-electron chi connectivity index (χ1n) is 3.40. The molecular formula is C7H7F2NO2. The maximum Gasteiger partial charge on any atom is 0.300 e. The van der Waals surface area contributed by atoms with Crippen LogP contribution in [0.25, 0.3) is 0 Å². The van der Waals surface area contributed by atoms with E-state index in [9.17, 15) is 18.9 Å². The highest BCUT2D eigenvalue weighted by Gasteiger charge is 2.28. The molecule has 5 heteroatoms. The van der Waals surface area contributed by atoms with Crippen molar-refractivity contribution in [3.63, 3.8) is 0 Å². The first-order valence-corrected chi connectivity index (χ1v) is 3.40. The van der Waals surface area contributed by atoms with Crippen molar-refractivity contribution in [1.82, 2.24) is 0 Å². The summed E-state index contributed by atoms with van der Waals surface area (Å²) in [4.78, 5) is 9.30. The Morgan fingerprint density at radius 2 is 2.17 bits per heavy atom. The third-order valence-corrected chi connectivity index (χ3v) is 1.67. The summed E-state index contributed by atoms with van der Waals surface area (Å²) in [7, 11) is 0. The molecule has 3 nitrogen and oxygen atoms in total. The molecule has 1 aliphatic rings. The quantitative estimate of drug-likeness (QED) is 0.451. The van der Waals surface area contributed by atoms with E-state index < -0.39 is 28.5 Å². The van der Waals surface area contributed by atoms with E-state index in [4.69, 9.17) is 0 Å². The minimum Gasteiger partial charge on any atom is -0.258 e. The Hall–Kier alpha value is -1.26. The Morgan fingerprint density at radius 1 is 1.58 bits per heavy atom. The number of hydrogen-bond acceptors (Lipinski definition) is 2. The largest absolute Gasteiger partial charge is 0.300 e. The van der Waals surface area contributed by atoms with Gasteiger partial charge in [0, 0.05) is 12.0 Å². The lowest BCUT2D eigenvalue weighted by Crippen LogP contribution is -2.16. The summed E-state index contributed by atoms with van der Waals surface area (Å²) in [5.74, 6) is -1.73. The van der Waals surface area contributed by atoms with Crippen LogP contribution in [0, 0.1) is 16.0 Å². The van der Waals surface area contributed by atoms with E-state index >= 15 is 0 Å². The van der Waals surface area contributed by atoms with Crippen LogP contribution in [0.5, 0.6) is 0 Å². The summed E-state index contributed by atoms with van der Waals surface area (Å²) in [5, 5.41) is 10.2. The fourth-order valence-electron chi connectivity index (χ4n) is 0.946. The van der Waals surface area contributed by atoms with Crippen LogP contribution >= 0.6 is 0 Å². The zero-order chi connectivity index (χ0) is 9.30. The minimum absolute atomic E-state index is 0.628. The van der Waals surface area contributed by atoms with Crippen LogP contribution in [-0.4, -0.2) is 11.1 Å². The molecule has 0 aromatic heterocycles. The van der Waals surface area contributed by atoms with E-state index in [1.54, 1.807) is 0 Å². The van der Waals surface area contributed by atoms with E-state index in [1.165, 1.54) is 6.92 Å². The summed E-state index contributed by atoms with van der Waals surface area (Å²) < 4.78 is 25.3. The zero-order valence-electron chi connectivity index (χ0n) is 6.33. The topological polar surface area (TPSA) is 43.1 Å². The van der Waals surface area contributed by atoms with Gasteiger partial charge < -0.3 is 0 Å². The molecule has 2 unspecified atom stereocenters. The van der Waals surface area contributed by atoms with Crippen molar-refractivity contribution in [2.75, 3.05) is 0 Å². The van der Waals surface area contributed by atoms with E-state index in [0.717, 1.165) is 6.08 Å². The Bertz CT molecular complexity index is 273. The smallest absolute Gasteiger partial charge is 0.258 e. The van der Waals surface area contributed by atoms with Crippen molar-refractivity contribution in [3.8, 4) is 0 Å². The van der Waals surface area contributed by atoms with E-state index in [1.807, 2.05) is 0 Å². The second-order valence-electron chi connectivity index (χ2n) is 2.63. The van der Waals surface area contributed by atoms with Gasteiger partial charge in [-0.3, -0.25) is 10.1 Å². The first kappa shape index (κ1) is 8.83. The zero-order valence-corrected chi connectivity index (χ0v) is 6.33. The lowest BCUT2D eigenvalue weighted by atomic mass is 9.99. The number of rotatable bonds is 1. The van der Waals surface area contributed by atoms with Gasteiger partial charge in [0.05, 0.1) is 4.92 Å². The summed E-state index contributed by atoms with van der Waals surface area (Å²) in [5.41, 5.74) is -0.642. The molecule has 1 aliphatic carbocycles. The van der Waals surface area contributed by atoms with Gasteiger partial charge in [-0.05, 0) is 6.08 Å². The SMILES string of the molecule is CC1C=C([N+](=O)[O-])C(F)=CC1F. The highest BCUT2D eigenvalue weighted by Crippen LogP contribution is 2.25.